The molecule has 0 bridgehead atoms. The summed E-state index contributed by atoms with van der Waals surface area (Å²) in [5.74, 6) is 0. The van der Waals surface area contributed by atoms with Gasteiger partial charge in [-0.2, -0.15) is 15.8 Å². The van der Waals surface area contributed by atoms with Crippen LogP contribution < -0.4 is 0 Å². The molecule has 0 amide bonds. The van der Waals surface area contributed by atoms with E-state index in [1.807, 2.05) is 77.4 Å². The molecular weight excluding hydrogens is 611 g/mol. The van der Waals surface area contributed by atoms with Crippen molar-refractivity contribution in [3.05, 3.63) is 168 Å². The van der Waals surface area contributed by atoms with E-state index in [2.05, 4.69) is 95.6 Å². The summed E-state index contributed by atoms with van der Waals surface area (Å²) in [4.78, 5) is 0. The molecule has 0 aliphatic heterocycles. The first-order valence-corrected chi connectivity index (χ1v) is 16.3. The van der Waals surface area contributed by atoms with E-state index >= 15 is 0 Å². The van der Waals surface area contributed by atoms with Crippen molar-refractivity contribution in [2.75, 3.05) is 0 Å². The predicted molar refractivity (Wildman–Crippen MR) is 200 cm³/mol. The normalized spacial score (nSPS) is 11.1. The Morgan fingerprint density at radius 3 is 1.42 bits per heavy atom. The van der Waals surface area contributed by atoms with Crippen LogP contribution in [0.3, 0.4) is 0 Å². The SMILES string of the molecule is N#Cc1ccc2c(c1)c1ccccc1n2-c1ccc(-c2ccccc2-c2ccccc2-n2c3ccccc3c3ccccc32)c(C#N)c1C#N. The predicted octanol–water partition coefficient (Wildman–Crippen LogP) is 10.8. The Kier molecular flexibility index (Phi) is 6.56. The molecule has 7 aromatic carbocycles. The molecule has 0 atom stereocenters. The summed E-state index contributed by atoms with van der Waals surface area (Å²) in [5, 5.41) is 35.3. The van der Waals surface area contributed by atoms with E-state index in [0.717, 1.165) is 55.2 Å². The van der Waals surface area contributed by atoms with Crippen molar-refractivity contribution in [1.82, 2.24) is 9.13 Å². The number of rotatable bonds is 4. The number of hydrogen-bond acceptors (Lipinski definition) is 3. The van der Waals surface area contributed by atoms with Gasteiger partial charge in [0.1, 0.15) is 12.1 Å². The van der Waals surface area contributed by atoms with Gasteiger partial charge in [-0.3, -0.25) is 0 Å². The second-order valence-electron chi connectivity index (χ2n) is 12.2. The first kappa shape index (κ1) is 28.8. The van der Waals surface area contributed by atoms with Crippen LogP contribution in [0.2, 0.25) is 0 Å². The van der Waals surface area contributed by atoms with Gasteiger partial charge in [-0.05, 0) is 59.7 Å². The highest BCUT2D eigenvalue weighted by molar-refractivity contribution is 6.11. The minimum atomic E-state index is 0.294. The van der Waals surface area contributed by atoms with Crippen LogP contribution in [0.5, 0.6) is 0 Å². The molecule has 0 unspecified atom stereocenters. The van der Waals surface area contributed by atoms with Crippen LogP contribution in [-0.2, 0) is 0 Å². The molecule has 0 fully saturated rings. The lowest BCUT2D eigenvalue weighted by atomic mass is 9.89. The first-order valence-electron chi connectivity index (χ1n) is 16.3. The quantitative estimate of drug-likeness (QED) is 0.193. The molecule has 0 saturated heterocycles. The van der Waals surface area contributed by atoms with Gasteiger partial charge in [-0.15, -0.1) is 0 Å². The summed E-state index contributed by atoms with van der Waals surface area (Å²) < 4.78 is 4.34. The van der Waals surface area contributed by atoms with Crippen molar-refractivity contribution in [1.29, 1.82) is 15.8 Å². The highest BCUT2D eigenvalue weighted by Crippen LogP contribution is 2.42. The Balaban J connectivity index is 1.29. The van der Waals surface area contributed by atoms with Gasteiger partial charge in [0.15, 0.2) is 0 Å². The van der Waals surface area contributed by atoms with E-state index in [1.54, 1.807) is 6.07 Å². The smallest absolute Gasteiger partial charge is 0.103 e. The van der Waals surface area contributed by atoms with Gasteiger partial charge in [-0.25, -0.2) is 0 Å². The van der Waals surface area contributed by atoms with E-state index in [1.165, 1.54) is 10.8 Å². The summed E-state index contributed by atoms with van der Waals surface area (Å²) in [7, 11) is 0. The number of benzene rings is 7. The Bertz CT molecular complexity index is 2920. The molecule has 230 valence electrons. The van der Waals surface area contributed by atoms with Crippen molar-refractivity contribution in [3.63, 3.8) is 0 Å². The average molecular weight is 636 g/mol. The molecule has 0 saturated carbocycles. The third-order valence-electron chi connectivity index (χ3n) is 9.68. The Labute approximate surface area is 287 Å². The van der Waals surface area contributed by atoms with E-state index in [9.17, 15) is 15.8 Å². The molecule has 0 aliphatic rings. The molecule has 0 spiro atoms. The van der Waals surface area contributed by atoms with Gasteiger partial charge in [0, 0.05) is 32.7 Å². The van der Waals surface area contributed by atoms with Crippen LogP contribution in [0.15, 0.2) is 152 Å². The van der Waals surface area contributed by atoms with E-state index in [4.69, 9.17) is 0 Å². The summed E-state index contributed by atoms with van der Waals surface area (Å²) in [6, 6.07) is 57.8. The fourth-order valence-electron chi connectivity index (χ4n) is 7.57. The van der Waals surface area contributed by atoms with Gasteiger partial charge < -0.3 is 9.13 Å². The molecule has 0 N–H and O–H groups in total. The van der Waals surface area contributed by atoms with E-state index < -0.39 is 0 Å². The fourth-order valence-corrected chi connectivity index (χ4v) is 7.57. The summed E-state index contributed by atoms with van der Waals surface area (Å²) in [6.45, 7) is 0. The van der Waals surface area contributed by atoms with Gasteiger partial charge >= 0.3 is 0 Å². The number of aromatic nitrogens is 2. The standard InChI is InChI=1S/C45H25N5/c46-26-29-21-23-44-37(25-29)36-16-6-10-20-43(36)50(44)45-24-22-32(38(27-47)39(45)28-48)30-11-1-2-12-31(30)33-13-3-7-17-40(33)49-41-18-8-4-14-34(41)35-15-5-9-19-42(35)49/h1-25H. The summed E-state index contributed by atoms with van der Waals surface area (Å²) in [6.07, 6.45) is 0. The molecule has 5 nitrogen and oxygen atoms in total. The van der Waals surface area contributed by atoms with Crippen molar-refractivity contribution < 1.29 is 0 Å². The van der Waals surface area contributed by atoms with Crippen LogP contribution in [0.1, 0.15) is 16.7 Å². The number of nitriles is 3. The van der Waals surface area contributed by atoms with Crippen molar-refractivity contribution in [3.8, 4) is 51.8 Å². The molecule has 9 aromatic rings. The van der Waals surface area contributed by atoms with Crippen LogP contribution in [0, 0.1) is 34.0 Å². The Hall–Kier alpha value is -7.39. The topological polar surface area (TPSA) is 81.2 Å². The maximum absolute atomic E-state index is 10.8. The second-order valence-corrected chi connectivity index (χ2v) is 12.2. The van der Waals surface area contributed by atoms with Crippen molar-refractivity contribution in [2.24, 2.45) is 0 Å². The lowest BCUT2D eigenvalue weighted by molar-refractivity contribution is 1.16. The van der Waals surface area contributed by atoms with Gasteiger partial charge in [0.05, 0.1) is 56.2 Å². The molecule has 0 aliphatic carbocycles. The Morgan fingerprint density at radius 1 is 0.340 bits per heavy atom. The van der Waals surface area contributed by atoms with Crippen LogP contribution in [0.25, 0.3) is 77.2 Å². The lowest BCUT2D eigenvalue weighted by Gasteiger charge is -2.18. The summed E-state index contributed by atoms with van der Waals surface area (Å²) in [5.41, 5.74) is 10.3. The molecule has 50 heavy (non-hydrogen) atoms. The van der Waals surface area contributed by atoms with Crippen LogP contribution >= 0.6 is 0 Å². The minimum Gasteiger partial charge on any atom is -0.309 e. The zero-order valence-electron chi connectivity index (χ0n) is 26.7. The largest absolute Gasteiger partial charge is 0.309 e. The van der Waals surface area contributed by atoms with E-state index in [-0.39, 0.29) is 0 Å². The highest BCUT2D eigenvalue weighted by atomic mass is 15.0. The number of para-hydroxylation sites is 4. The number of nitrogens with zero attached hydrogens (tertiary/aromatic N) is 5. The monoisotopic (exact) mass is 635 g/mol. The number of hydrogen-bond donors (Lipinski definition) is 0. The zero-order chi connectivity index (χ0) is 33.8. The molecule has 2 heterocycles. The van der Waals surface area contributed by atoms with Crippen molar-refractivity contribution in [2.45, 2.75) is 0 Å². The third kappa shape index (κ3) is 4.17. The number of fused-ring (bicyclic) bond motifs is 6. The van der Waals surface area contributed by atoms with Crippen LogP contribution in [-0.4, -0.2) is 9.13 Å². The molecule has 9 rings (SSSR count). The Morgan fingerprint density at radius 2 is 0.820 bits per heavy atom. The maximum atomic E-state index is 10.8. The molecule has 2 aromatic heterocycles. The summed E-state index contributed by atoms with van der Waals surface area (Å²) >= 11 is 0. The van der Waals surface area contributed by atoms with E-state index in [0.29, 0.717) is 27.9 Å². The highest BCUT2D eigenvalue weighted by Gasteiger charge is 2.23. The van der Waals surface area contributed by atoms with Gasteiger partial charge in [-0.1, -0.05) is 103 Å². The van der Waals surface area contributed by atoms with Crippen LogP contribution in [0.4, 0.5) is 0 Å². The minimum absolute atomic E-state index is 0.294. The van der Waals surface area contributed by atoms with Gasteiger partial charge in [0.2, 0.25) is 0 Å². The second kappa shape index (κ2) is 11.4. The zero-order valence-corrected chi connectivity index (χ0v) is 26.7. The average Bonchev–Trinajstić information content (AvgIpc) is 3.69. The fraction of sp³-hybridized carbons (Fsp3) is 0. The molecule has 5 heteroatoms. The first-order chi connectivity index (χ1) is 24.7. The van der Waals surface area contributed by atoms with Gasteiger partial charge in [0.25, 0.3) is 0 Å². The third-order valence-corrected chi connectivity index (χ3v) is 9.68. The van der Waals surface area contributed by atoms with Crippen molar-refractivity contribution >= 4 is 43.6 Å². The molecular formula is C45H25N5. The lowest BCUT2D eigenvalue weighted by Crippen LogP contribution is -2.02. The molecule has 0 radical (unpaired) electrons. The maximum Gasteiger partial charge on any atom is 0.103 e.